The summed E-state index contributed by atoms with van der Waals surface area (Å²) < 4.78 is 54.5. The average Bonchev–Trinajstić information content (AvgIpc) is 2.35. The first-order valence-electron chi connectivity index (χ1n) is 6.08. The predicted molar refractivity (Wildman–Crippen MR) is 72.7 cm³/mol. The van der Waals surface area contributed by atoms with Gasteiger partial charge in [0.15, 0.2) is 11.6 Å². The zero-order valence-electron chi connectivity index (χ0n) is 11.2. The quantitative estimate of drug-likeness (QED) is 0.722. The van der Waals surface area contributed by atoms with Crippen molar-refractivity contribution >= 4 is 19.7 Å². The van der Waals surface area contributed by atoms with Crippen molar-refractivity contribution in [3.8, 4) is 5.75 Å². The molecule has 0 aromatic heterocycles. The van der Waals surface area contributed by atoms with E-state index in [-0.39, 0.29) is 6.61 Å². The molecule has 0 radical (unpaired) electrons. The Bertz CT molecular complexity index is 562. The van der Waals surface area contributed by atoms with E-state index in [2.05, 4.69) is 0 Å². The van der Waals surface area contributed by atoms with E-state index < -0.39 is 31.3 Å². The molecule has 20 heavy (non-hydrogen) atoms. The monoisotopic (exact) mass is 327 g/mol. The van der Waals surface area contributed by atoms with Crippen molar-refractivity contribution in [2.45, 2.75) is 18.7 Å². The van der Waals surface area contributed by atoms with Gasteiger partial charge < -0.3 is 9.64 Å². The van der Waals surface area contributed by atoms with Crippen molar-refractivity contribution < 1.29 is 21.9 Å². The van der Waals surface area contributed by atoms with E-state index in [4.69, 9.17) is 15.4 Å². The zero-order chi connectivity index (χ0) is 15.3. The second kappa shape index (κ2) is 7.19. The molecule has 1 rings (SSSR count). The third-order valence-electron chi connectivity index (χ3n) is 2.79. The van der Waals surface area contributed by atoms with Crippen molar-refractivity contribution in [2.75, 3.05) is 26.2 Å². The summed E-state index contributed by atoms with van der Waals surface area (Å²) in [6.45, 7) is 6.04. The fraction of sp³-hybridized carbons (Fsp3) is 0.500. The van der Waals surface area contributed by atoms with Crippen LogP contribution in [0.4, 0.5) is 8.78 Å². The number of benzene rings is 1. The molecule has 0 amide bonds. The first kappa shape index (κ1) is 17.1. The Balaban J connectivity index is 2.95. The Labute approximate surface area is 121 Å². The highest BCUT2D eigenvalue weighted by Gasteiger charge is 2.22. The molecule has 8 heteroatoms. The third-order valence-corrected chi connectivity index (χ3v) is 4.11. The lowest BCUT2D eigenvalue weighted by Crippen LogP contribution is -2.28. The maximum Gasteiger partial charge on any atom is 0.265 e. The van der Waals surface area contributed by atoms with Gasteiger partial charge in [-0.25, -0.2) is 17.2 Å². The summed E-state index contributed by atoms with van der Waals surface area (Å²) in [6.07, 6.45) is 0. The van der Waals surface area contributed by atoms with Crippen LogP contribution in [-0.4, -0.2) is 39.6 Å². The molecule has 0 N–H and O–H groups in total. The van der Waals surface area contributed by atoms with Gasteiger partial charge in [-0.15, -0.1) is 0 Å². The number of halogens is 3. The summed E-state index contributed by atoms with van der Waals surface area (Å²) in [6, 6.07) is 1.19. The molecule has 0 unspecified atom stereocenters. The minimum absolute atomic E-state index is 0.0731. The lowest BCUT2D eigenvalue weighted by Gasteiger charge is -2.18. The molecule has 4 nitrogen and oxygen atoms in total. The van der Waals surface area contributed by atoms with E-state index >= 15 is 0 Å². The van der Waals surface area contributed by atoms with Crippen molar-refractivity contribution in [1.29, 1.82) is 0 Å². The van der Waals surface area contributed by atoms with Crippen LogP contribution in [0.1, 0.15) is 13.8 Å². The minimum Gasteiger partial charge on any atom is -0.488 e. The van der Waals surface area contributed by atoms with Crippen molar-refractivity contribution in [3.05, 3.63) is 23.8 Å². The topological polar surface area (TPSA) is 46.6 Å². The van der Waals surface area contributed by atoms with Gasteiger partial charge in [0.05, 0.1) is 0 Å². The van der Waals surface area contributed by atoms with Gasteiger partial charge in [-0.2, -0.15) is 0 Å². The van der Waals surface area contributed by atoms with Gasteiger partial charge >= 0.3 is 0 Å². The second-order valence-corrected chi connectivity index (χ2v) is 6.56. The maximum absolute atomic E-state index is 13.6. The fourth-order valence-electron chi connectivity index (χ4n) is 1.67. The average molecular weight is 328 g/mol. The highest BCUT2D eigenvalue weighted by atomic mass is 35.7. The fourth-order valence-corrected chi connectivity index (χ4v) is 2.65. The normalized spacial score (nSPS) is 11.9. The highest BCUT2D eigenvalue weighted by Crippen LogP contribution is 2.30. The second-order valence-electron chi connectivity index (χ2n) is 4.03. The lowest BCUT2D eigenvalue weighted by atomic mass is 10.3. The molecule has 0 aliphatic carbocycles. The molecule has 0 fully saturated rings. The summed E-state index contributed by atoms with van der Waals surface area (Å²) in [5.41, 5.74) is 0. The highest BCUT2D eigenvalue weighted by molar-refractivity contribution is 8.13. The van der Waals surface area contributed by atoms with Crippen LogP contribution < -0.4 is 4.74 Å². The van der Waals surface area contributed by atoms with Gasteiger partial charge in [0.25, 0.3) is 9.05 Å². The van der Waals surface area contributed by atoms with Crippen LogP contribution in [-0.2, 0) is 9.05 Å². The minimum atomic E-state index is -4.29. The summed E-state index contributed by atoms with van der Waals surface area (Å²) in [5, 5.41) is 0. The molecule has 0 saturated carbocycles. The van der Waals surface area contributed by atoms with E-state index in [9.17, 15) is 17.2 Å². The smallest absolute Gasteiger partial charge is 0.265 e. The van der Waals surface area contributed by atoms with Crippen LogP contribution >= 0.6 is 10.7 Å². The van der Waals surface area contributed by atoms with Crippen LogP contribution in [0.2, 0.25) is 0 Å². The van der Waals surface area contributed by atoms with E-state index in [0.29, 0.717) is 18.7 Å². The number of hydrogen-bond donors (Lipinski definition) is 0. The molecule has 1 aromatic carbocycles. The largest absolute Gasteiger partial charge is 0.488 e. The molecule has 0 bridgehead atoms. The Morgan fingerprint density at radius 1 is 1.25 bits per heavy atom. The van der Waals surface area contributed by atoms with E-state index in [0.717, 1.165) is 13.1 Å². The summed E-state index contributed by atoms with van der Waals surface area (Å²) in [7, 11) is 0.866. The molecular formula is C12H16ClF2NO3S. The standard InChI is InChI=1S/C12H16ClF2NO3S/c1-3-16(4-2)5-6-19-12-10(15)7-9(14)8-11(12)20(13,17)18/h7-8H,3-6H2,1-2H3. The number of ether oxygens (including phenoxy) is 1. The number of hydrogen-bond acceptors (Lipinski definition) is 4. The Hall–Kier alpha value is -0.920. The number of rotatable bonds is 7. The molecule has 0 atom stereocenters. The van der Waals surface area contributed by atoms with Crippen molar-refractivity contribution in [1.82, 2.24) is 4.90 Å². The molecule has 0 aliphatic heterocycles. The Kier molecular flexibility index (Phi) is 6.16. The van der Waals surface area contributed by atoms with Crippen molar-refractivity contribution in [2.24, 2.45) is 0 Å². The number of nitrogens with zero attached hydrogens (tertiary/aromatic N) is 1. The molecule has 114 valence electrons. The maximum atomic E-state index is 13.6. The van der Waals surface area contributed by atoms with Crippen LogP contribution in [0.5, 0.6) is 5.75 Å². The van der Waals surface area contributed by atoms with Crippen LogP contribution in [0.3, 0.4) is 0 Å². The molecule has 0 spiro atoms. The first-order chi connectivity index (χ1) is 9.29. The lowest BCUT2D eigenvalue weighted by molar-refractivity contribution is 0.213. The Morgan fingerprint density at radius 3 is 2.35 bits per heavy atom. The molecular weight excluding hydrogens is 312 g/mol. The van der Waals surface area contributed by atoms with Gasteiger partial charge in [0.1, 0.15) is 17.3 Å². The summed E-state index contributed by atoms with van der Waals surface area (Å²) in [5.74, 6) is -2.67. The van der Waals surface area contributed by atoms with Gasteiger partial charge in [-0.1, -0.05) is 13.8 Å². The van der Waals surface area contributed by atoms with E-state index in [1.54, 1.807) is 0 Å². The SMILES string of the molecule is CCN(CC)CCOc1c(F)cc(F)cc1S(=O)(=O)Cl. The third kappa shape index (κ3) is 4.57. The molecule has 1 aromatic rings. The van der Waals surface area contributed by atoms with Gasteiger partial charge in [0.2, 0.25) is 0 Å². The summed E-state index contributed by atoms with van der Waals surface area (Å²) >= 11 is 0. The van der Waals surface area contributed by atoms with Crippen LogP contribution in [0.15, 0.2) is 17.0 Å². The van der Waals surface area contributed by atoms with Gasteiger partial charge in [-0.3, -0.25) is 0 Å². The van der Waals surface area contributed by atoms with Crippen LogP contribution in [0.25, 0.3) is 0 Å². The van der Waals surface area contributed by atoms with Gasteiger partial charge in [0, 0.05) is 23.3 Å². The molecule has 0 saturated heterocycles. The van der Waals surface area contributed by atoms with Gasteiger partial charge in [-0.05, 0) is 19.2 Å². The van der Waals surface area contributed by atoms with Crippen LogP contribution in [0, 0.1) is 11.6 Å². The molecule has 0 aliphatic rings. The van der Waals surface area contributed by atoms with E-state index in [1.807, 2.05) is 18.7 Å². The van der Waals surface area contributed by atoms with E-state index in [1.165, 1.54) is 0 Å². The number of likely N-dealkylation sites (N-methyl/N-ethyl adjacent to an activating group) is 1. The Morgan fingerprint density at radius 2 is 1.85 bits per heavy atom. The first-order valence-corrected chi connectivity index (χ1v) is 8.39. The zero-order valence-corrected chi connectivity index (χ0v) is 12.8. The van der Waals surface area contributed by atoms with Crippen molar-refractivity contribution in [3.63, 3.8) is 0 Å². The molecule has 0 heterocycles. The predicted octanol–water partition coefficient (Wildman–Crippen LogP) is 2.61. The summed E-state index contributed by atoms with van der Waals surface area (Å²) in [4.78, 5) is 1.31.